The summed E-state index contributed by atoms with van der Waals surface area (Å²) in [6.45, 7) is 7.64. The van der Waals surface area contributed by atoms with E-state index >= 15 is 0 Å². The van der Waals surface area contributed by atoms with Crippen LogP contribution in [0.1, 0.15) is 28.8 Å². The van der Waals surface area contributed by atoms with Crippen LogP contribution < -0.4 is 0 Å². The third-order valence-corrected chi connectivity index (χ3v) is 5.49. The molecule has 0 aliphatic rings. The lowest BCUT2D eigenvalue weighted by Gasteiger charge is -2.13. The van der Waals surface area contributed by atoms with Crippen molar-refractivity contribution in [3.63, 3.8) is 0 Å². The highest BCUT2D eigenvalue weighted by atomic mass is 32.2. The van der Waals surface area contributed by atoms with Gasteiger partial charge in [0.05, 0.1) is 5.70 Å². The van der Waals surface area contributed by atoms with Gasteiger partial charge in [0.1, 0.15) is 0 Å². The van der Waals surface area contributed by atoms with Crippen molar-refractivity contribution in [2.24, 2.45) is 4.99 Å². The Morgan fingerprint density at radius 3 is 2.66 bits per heavy atom. The molecule has 0 aliphatic heterocycles. The van der Waals surface area contributed by atoms with Gasteiger partial charge in [0.15, 0.2) is 5.82 Å². The number of rotatable bonds is 9. The number of nitrogens with zero attached hydrogens (tertiary/aromatic N) is 5. The van der Waals surface area contributed by atoms with E-state index in [1.54, 1.807) is 23.1 Å². The summed E-state index contributed by atoms with van der Waals surface area (Å²) < 4.78 is 0. The predicted molar refractivity (Wildman–Crippen MR) is 125 cm³/mol. The van der Waals surface area contributed by atoms with Crippen LogP contribution in [0.4, 0.5) is 0 Å². The molecule has 0 saturated heterocycles. The van der Waals surface area contributed by atoms with Crippen LogP contribution in [-0.4, -0.2) is 52.1 Å². The van der Waals surface area contributed by atoms with Crippen molar-refractivity contribution in [3.8, 4) is 0 Å². The first kappa shape index (κ1) is 23.0. The number of H-pyrrole nitrogens is 1. The molecule has 3 aromatic rings. The molecule has 2 aromatic heterocycles. The van der Waals surface area contributed by atoms with Crippen molar-refractivity contribution in [1.82, 2.24) is 25.5 Å². The molecule has 154 valence electrons. The van der Waals surface area contributed by atoms with Gasteiger partial charge in [0.2, 0.25) is 0 Å². The van der Waals surface area contributed by atoms with E-state index in [9.17, 15) is 0 Å². The van der Waals surface area contributed by atoms with Gasteiger partial charge in [-0.05, 0) is 48.9 Å². The number of benzene rings is 1. The summed E-state index contributed by atoms with van der Waals surface area (Å²) in [5.41, 5.74) is 3.42. The van der Waals surface area contributed by atoms with Crippen molar-refractivity contribution in [3.05, 3.63) is 69.0 Å². The third kappa shape index (κ3) is 8.31. The van der Waals surface area contributed by atoms with Gasteiger partial charge in [-0.15, -0.1) is 33.3 Å². The van der Waals surface area contributed by atoms with E-state index < -0.39 is 0 Å². The minimum Gasteiger partial charge on any atom is -0.301 e. The van der Waals surface area contributed by atoms with Gasteiger partial charge < -0.3 is 4.90 Å². The zero-order chi connectivity index (χ0) is 20.9. The Labute approximate surface area is 181 Å². The van der Waals surface area contributed by atoms with E-state index in [-0.39, 0.29) is 0 Å². The SMILES string of the molecule is C=N/C(=C\SC)c1ccc(CC)cc1.CN(CCc1nn[nH]n1)Cc1cccs1. The maximum atomic E-state index is 3.99. The van der Waals surface area contributed by atoms with Crippen molar-refractivity contribution < 1.29 is 0 Å². The molecule has 0 spiro atoms. The molecule has 6 nitrogen and oxygen atoms in total. The lowest BCUT2D eigenvalue weighted by molar-refractivity contribution is 0.331. The largest absolute Gasteiger partial charge is 0.301 e. The van der Waals surface area contributed by atoms with Gasteiger partial charge in [-0.2, -0.15) is 5.21 Å². The number of hydrogen-bond acceptors (Lipinski definition) is 7. The van der Waals surface area contributed by atoms with Crippen LogP contribution in [0.25, 0.3) is 5.70 Å². The van der Waals surface area contributed by atoms with Gasteiger partial charge >= 0.3 is 0 Å². The molecule has 3 rings (SSSR count). The van der Waals surface area contributed by atoms with Crippen LogP contribution >= 0.6 is 23.1 Å². The topological polar surface area (TPSA) is 70.1 Å². The molecule has 1 N–H and O–H groups in total. The van der Waals surface area contributed by atoms with Crippen LogP contribution in [0, 0.1) is 0 Å². The molecule has 0 amide bonds. The Hall–Kier alpha value is -2.29. The molecule has 0 saturated carbocycles. The van der Waals surface area contributed by atoms with Crippen molar-refractivity contribution in [1.29, 1.82) is 0 Å². The maximum absolute atomic E-state index is 3.99. The number of tetrazole rings is 1. The lowest BCUT2D eigenvalue weighted by atomic mass is 10.1. The van der Waals surface area contributed by atoms with Gasteiger partial charge in [0.25, 0.3) is 0 Å². The van der Waals surface area contributed by atoms with Crippen molar-refractivity contribution in [2.75, 3.05) is 19.8 Å². The molecule has 0 aliphatic carbocycles. The molecule has 2 heterocycles. The van der Waals surface area contributed by atoms with E-state index in [2.05, 4.69) is 93.0 Å². The zero-order valence-corrected chi connectivity index (χ0v) is 18.8. The number of aryl methyl sites for hydroxylation is 1. The minimum atomic E-state index is 0.771. The number of nitrogens with one attached hydrogen (secondary N) is 1. The van der Waals surface area contributed by atoms with Gasteiger partial charge in [0, 0.05) is 30.0 Å². The molecule has 0 atom stereocenters. The molecule has 1 aromatic carbocycles. The van der Waals surface area contributed by atoms with Crippen LogP contribution in [0.5, 0.6) is 0 Å². The molecule has 29 heavy (non-hydrogen) atoms. The van der Waals surface area contributed by atoms with E-state index in [1.165, 1.54) is 10.4 Å². The number of aromatic amines is 1. The lowest BCUT2D eigenvalue weighted by Crippen LogP contribution is -2.20. The van der Waals surface area contributed by atoms with Gasteiger partial charge in [-0.25, -0.2) is 0 Å². The number of thiophene rings is 1. The normalized spacial score (nSPS) is 11.2. The summed E-state index contributed by atoms with van der Waals surface area (Å²) in [6.07, 6.45) is 3.92. The first-order valence-electron chi connectivity index (χ1n) is 9.38. The highest BCUT2D eigenvalue weighted by Gasteiger charge is 2.04. The summed E-state index contributed by atoms with van der Waals surface area (Å²) in [5.74, 6) is 0.771. The fourth-order valence-electron chi connectivity index (χ4n) is 2.55. The highest BCUT2D eigenvalue weighted by Crippen LogP contribution is 2.19. The Kier molecular flexibility index (Phi) is 10.3. The Morgan fingerprint density at radius 2 is 2.10 bits per heavy atom. The third-order valence-electron chi connectivity index (χ3n) is 4.17. The predicted octanol–water partition coefficient (Wildman–Crippen LogP) is 4.55. The second kappa shape index (κ2) is 13.0. The highest BCUT2D eigenvalue weighted by molar-refractivity contribution is 8.01. The Bertz CT molecular complexity index is 842. The molecular weight excluding hydrogens is 400 g/mol. The molecule has 0 unspecified atom stereocenters. The molecular formula is C21H28N6S2. The van der Waals surface area contributed by atoms with Gasteiger partial charge in [-0.1, -0.05) is 42.5 Å². The van der Waals surface area contributed by atoms with Crippen LogP contribution in [-0.2, 0) is 19.4 Å². The van der Waals surface area contributed by atoms with E-state index in [0.29, 0.717) is 0 Å². The summed E-state index contributed by atoms with van der Waals surface area (Å²) in [5, 5.41) is 17.9. The second-order valence-electron chi connectivity index (χ2n) is 6.34. The molecule has 0 bridgehead atoms. The summed E-state index contributed by atoms with van der Waals surface area (Å²) in [7, 11) is 2.10. The smallest absolute Gasteiger partial charge is 0.175 e. The average Bonchev–Trinajstić information content (AvgIpc) is 3.45. The number of hydrogen-bond donors (Lipinski definition) is 1. The number of aliphatic imine (C=N–C) groups is 1. The average molecular weight is 429 g/mol. The molecule has 0 fully saturated rings. The Morgan fingerprint density at radius 1 is 1.31 bits per heavy atom. The fraction of sp³-hybridized carbons (Fsp3) is 0.333. The van der Waals surface area contributed by atoms with E-state index in [4.69, 9.17) is 0 Å². The standard InChI is InChI=1S/C12H15NS.C9H13N5S/c1-4-10-5-7-11(8-6-10)12(13-2)9-14-3;1-14(7-8-3-2-6-15-8)5-4-9-10-12-13-11-9/h5-9H,2,4H2,1,3H3;2-3,6H,4-5,7H2,1H3,(H,10,11,12,13)/b12-9-;. The van der Waals surface area contributed by atoms with Crippen LogP contribution in [0.2, 0.25) is 0 Å². The molecule has 0 radical (unpaired) electrons. The molecule has 8 heteroatoms. The summed E-state index contributed by atoms with van der Waals surface area (Å²) in [6, 6.07) is 12.7. The second-order valence-corrected chi connectivity index (χ2v) is 8.08. The van der Waals surface area contributed by atoms with Crippen molar-refractivity contribution in [2.45, 2.75) is 26.3 Å². The first-order valence-corrected chi connectivity index (χ1v) is 11.5. The minimum absolute atomic E-state index is 0.771. The van der Waals surface area contributed by atoms with Crippen LogP contribution in [0.15, 0.2) is 52.2 Å². The van der Waals surface area contributed by atoms with Crippen molar-refractivity contribution >= 4 is 35.5 Å². The van der Waals surface area contributed by atoms with E-state index in [0.717, 1.165) is 43.0 Å². The van der Waals surface area contributed by atoms with Crippen LogP contribution in [0.3, 0.4) is 0 Å². The summed E-state index contributed by atoms with van der Waals surface area (Å²) >= 11 is 3.43. The fourth-order valence-corrected chi connectivity index (χ4v) is 3.76. The summed E-state index contributed by atoms with van der Waals surface area (Å²) in [4.78, 5) is 7.63. The van der Waals surface area contributed by atoms with Gasteiger partial charge in [-0.3, -0.25) is 4.99 Å². The number of aromatic nitrogens is 4. The number of thioether (sulfide) groups is 1. The monoisotopic (exact) mass is 428 g/mol. The first-order chi connectivity index (χ1) is 14.2. The van der Waals surface area contributed by atoms with E-state index in [1.807, 2.05) is 11.7 Å². The maximum Gasteiger partial charge on any atom is 0.175 e. The Balaban J connectivity index is 0.000000208. The zero-order valence-electron chi connectivity index (χ0n) is 17.2. The number of likely N-dealkylation sites (N-methyl/N-ethyl adjacent to an activating group) is 1. The quantitative estimate of drug-likeness (QED) is 0.507.